The van der Waals surface area contributed by atoms with E-state index in [-0.39, 0.29) is 25.0 Å². The van der Waals surface area contributed by atoms with Crippen LogP contribution in [-0.4, -0.2) is 35.9 Å². The molecule has 2 aromatic carbocycles. The maximum atomic E-state index is 13.1. The molecule has 0 unspecified atom stereocenters. The maximum absolute atomic E-state index is 13.1. The first-order chi connectivity index (χ1) is 14.3. The van der Waals surface area contributed by atoms with Gasteiger partial charge in [-0.3, -0.25) is 9.59 Å². The second-order valence-corrected chi connectivity index (χ2v) is 7.98. The van der Waals surface area contributed by atoms with Gasteiger partial charge in [-0.2, -0.15) is 0 Å². The van der Waals surface area contributed by atoms with Gasteiger partial charge in [-0.1, -0.05) is 54.7 Å². The zero-order valence-electron chi connectivity index (χ0n) is 17.0. The van der Waals surface area contributed by atoms with E-state index in [0.29, 0.717) is 33.8 Å². The molecule has 5 nitrogen and oxygen atoms in total. The Balaban J connectivity index is 2.21. The summed E-state index contributed by atoms with van der Waals surface area (Å²) >= 11 is 18.0. The lowest BCUT2D eigenvalue weighted by Gasteiger charge is -2.30. The fraction of sp³-hybridized carbons (Fsp3) is 0.364. The van der Waals surface area contributed by atoms with Crippen molar-refractivity contribution in [3.63, 3.8) is 0 Å². The quantitative estimate of drug-likeness (QED) is 0.507. The third-order valence-corrected chi connectivity index (χ3v) is 5.44. The molecule has 162 valence electrons. The van der Waals surface area contributed by atoms with Crippen LogP contribution in [0.5, 0.6) is 5.75 Å². The van der Waals surface area contributed by atoms with Gasteiger partial charge in [0.1, 0.15) is 11.8 Å². The number of ether oxygens (including phenoxy) is 1. The minimum atomic E-state index is -0.632. The normalized spacial score (nSPS) is 11.6. The number of rotatable bonds is 10. The highest BCUT2D eigenvalue weighted by atomic mass is 35.5. The van der Waals surface area contributed by atoms with Crippen molar-refractivity contribution in [2.24, 2.45) is 0 Å². The summed E-state index contributed by atoms with van der Waals surface area (Å²) in [4.78, 5) is 27.3. The van der Waals surface area contributed by atoms with Crippen molar-refractivity contribution in [3.8, 4) is 5.75 Å². The highest BCUT2D eigenvalue weighted by Crippen LogP contribution is 2.24. The van der Waals surface area contributed by atoms with E-state index in [9.17, 15) is 9.59 Å². The third kappa shape index (κ3) is 7.08. The van der Waals surface area contributed by atoms with E-state index in [0.717, 1.165) is 12.0 Å². The summed E-state index contributed by atoms with van der Waals surface area (Å²) in [6.45, 7) is 4.38. The van der Waals surface area contributed by atoms with Gasteiger partial charge < -0.3 is 15.0 Å². The molecule has 0 bridgehead atoms. The van der Waals surface area contributed by atoms with E-state index in [1.807, 2.05) is 13.8 Å². The number of carbonyl (C=O) groups excluding carboxylic acids is 2. The van der Waals surface area contributed by atoms with Crippen molar-refractivity contribution in [1.82, 2.24) is 10.2 Å². The Morgan fingerprint density at radius 1 is 1.03 bits per heavy atom. The molecule has 1 N–H and O–H groups in total. The highest BCUT2D eigenvalue weighted by Gasteiger charge is 2.28. The van der Waals surface area contributed by atoms with Gasteiger partial charge in [0.05, 0.1) is 10.0 Å². The Kier molecular flexibility index (Phi) is 9.76. The summed E-state index contributed by atoms with van der Waals surface area (Å²) in [6, 6.07) is 11.3. The first-order valence-corrected chi connectivity index (χ1v) is 10.9. The molecule has 0 aliphatic rings. The first kappa shape index (κ1) is 24.3. The Morgan fingerprint density at radius 2 is 1.73 bits per heavy atom. The SMILES string of the molecule is CCCNC(=O)[C@H](CC)N(Cc1ccc(Cl)c(Cl)c1)C(=O)COc1ccc(Cl)cc1. The molecule has 0 aliphatic heterocycles. The molecule has 0 fully saturated rings. The molecular formula is C22H25Cl3N2O3. The van der Waals surface area contributed by atoms with Crippen LogP contribution in [0.1, 0.15) is 32.3 Å². The number of nitrogens with zero attached hydrogens (tertiary/aromatic N) is 1. The number of benzene rings is 2. The predicted octanol–water partition coefficient (Wildman–Crippen LogP) is 5.36. The average Bonchev–Trinajstić information content (AvgIpc) is 2.74. The molecule has 0 aliphatic carbocycles. The van der Waals surface area contributed by atoms with Crippen LogP contribution >= 0.6 is 34.8 Å². The molecule has 0 radical (unpaired) electrons. The number of carbonyl (C=O) groups is 2. The van der Waals surface area contributed by atoms with Crippen molar-refractivity contribution in [3.05, 3.63) is 63.1 Å². The van der Waals surface area contributed by atoms with Gasteiger partial charge in [0.15, 0.2) is 6.61 Å². The summed E-state index contributed by atoms with van der Waals surface area (Å²) in [6.07, 6.45) is 1.27. The lowest BCUT2D eigenvalue weighted by atomic mass is 10.1. The predicted molar refractivity (Wildman–Crippen MR) is 121 cm³/mol. The van der Waals surface area contributed by atoms with Gasteiger partial charge in [-0.15, -0.1) is 0 Å². The van der Waals surface area contributed by atoms with Crippen LogP contribution in [0.3, 0.4) is 0 Å². The lowest BCUT2D eigenvalue weighted by Crippen LogP contribution is -2.50. The highest BCUT2D eigenvalue weighted by molar-refractivity contribution is 6.42. The van der Waals surface area contributed by atoms with Crippen molar-refractivity contribution < 1.29 is 14.3 Å². The van der Waals surface area contributed by atoms with Crippen LogP contribution in [-0.2, 0) is 16.1 Å². The lowest BCUT2D eigenvalue weighted by molar-refractivity contribution is -0.143. The van der Waals surface area contributed by atoms with Gasteiger partial charge >= 0.3 is 0 Å². The number of halogens is 3. The van der Waals surface area contributed by atoms with Crippen LogP contribution in [0.4, 0.5) is 0 Å². The van der Waals surface area contributed by atoms with Gasteiger partial charge in [-0.05, 0) is 54.8 Å². The van der Waals surface area contributed by atoms with E-state index >= 15 is 0 Å². The summed E-state index contributed by atoms with van der Waals surface area (Å²) < 4.78 is 5.61. The topological polar surface area (TPSA) is 58.6 Å². The van der Waals surface area contributed by atoms with E-state index in [4.69, 9.17) is 39.5 Å². The molecule has 0 heterocycles. The smallest absolute Gasteiger partial charge is 0.261 e. The van der Waals surface area contributed by atoms with Crippen LogP contribution < -0.4 is 10.1 Å². The fourth-order valence-corrected chi connectivity index (χ4v) is 3.33. The van der Waals surface area contributed by atoms with Gasteiger partial charge in [0, 0.05) is 18.1 Å². The summed E-state index contributed by atoms with van der Waals surface area (Å²) in [7, 11) is 0. The number of nitrogens with one attached hydrogen (secondary N) is 1. The number of hydrogen-bond donors (Lipinski definition) is 1. The summed E-state index contributed by atoms with van der Waals surface area (Å²) in [5.74, 6) is 0.0134. The zero-order chi connectivity index (χ0) is 22.1. The first-order valence-electron chi connectivity index (χ1n) is 9.75. The Labute approximate surface area is 192 Å². The van der Waals surface area contributed by atoms with Crippen molar-refractivity contribution in [2.75, 3.05) is 13.2 Å². The average molecular weight is 472 g/mol. The Hall–Kier alpha value is -1.95. The van der Waals surface area contributed by atoms with E-state index in [1.54, 1.807) is 42.5 Å². The molecule has 2 aromatic rings. The van der Waals surface area contributed by atoms with Crippen molar-refractivity contribution in [1.29, 1.82) is 0 Å². The Bertz CT molecular complexity index is 859. The monoisotopic (exact) mass is 470 g/mol. The maximum Gasteiger partial charge on any atom is 0.261 e. The molecule has 0 saturated heterocycles. The molecule has 0 saturated carbocycles. The molecule has 0 spiro atoms. The molecule has 1 atom stereocenters. The minimum Gasteiger partial charge on any atom is -0.484 e. The summed E-state index contributed by atoms with van der Waals surface area (Å²) in [5.41, 5.74) is 0.769. The second kappa shape index (κ2) is 12.0. The molecule has 30 heavy (non-hydrogen) atoms. The van der Waals surface area contributed by atoms with E-state index in [2.05, 4.69) is 5.32 Å². The Morgan fingerprint density at radius 3 is 2.33 bits per heavy atom. The zero-order valence-corrected chi connectivity index (χ0v) is 19.2. The standard InChI is InChI=1S/C22H25Cl3N2O3/c1-3-11-26-22(29)20(4-2)27(13-15-5-10-18(24)19(25)12-15)21(28)14-30-17-8-6-16(23)7-9-17/h5-10,12,20H,3-4,11,13-14H2,1-2H3,(H,26,29)/t20-/m0/s1. The van der Waals surface area contributed by atoms with Gasteiger partial charge in [0.2, 0.25) is 5.91 Å². The fourth-order valence-electron chi connectivity index (χ4n) is 2.88. The van der Waals surface area contributed by atoms with Crippen molar-refractivity contribution in [2.45, 2.75) is 39.3 Å². The molecule has 0 aromatic heterocycles. The van der Waals surface area contributed by atoms with Crippen molar-refractivity contribution >= 4 is 46.6 Å². The largest absolute Gasteiger partial charge is 0.484 e. The number of hydrogen-bond acceptors (Lipinski definition) is 3. The summed E-state index contributed by atoms with van der Waals surface area (Å²) in [5, 5.41) is 4.27. The molecule has 2 amide bonds. The minimum absolute atomic E-state index is 0.195. The third-order valence-electron chi connectivity index (χ3n) is 4.45. The molecular weight excluding hydrogens is 447 g/mol. The van der Waals surface area contributed by atoms with Gasteiger partial charge in [0.25, 0.3) is 5.91 Å². The van der Waals surface area contributed by atoms with Crippen LogP contribution in [0.2, 0.25) is 15.1 Å². The van der Waals surface area contributed by atoms with E-state index in [1.165, 1.54) is 4.90 Å². The van der Waals surface area contributed by atoms with Crippen LogP contribution in [0, 0.1) is 0 Å². The van der Waals surface area contributed by atoms with Crippen LogP contribution in [0.25, 0.3) is 0 Å². The van der Waals surface area contributed by atoms with Gasteiger partial charge in [-0.25, -0.2) is 0 Å². The van der Waals surface area contributed by atoms with Crippen LogP contribution in [0.15, 0.2) is 42.5 Å². The number of amides is 2. The van der Waals surface area contributed by atoms with E-state index < -0.39 is 6.04 Å². The molecule has 8 heteroatoms. The second-order valence-electron chi connectivity index (χ2n) is 6.73. The molecule has 2 rings (SSSR count).